The molecule has 0 spiro atoms. The second-order valence-electron chi connectivity index (χ2n) is 4.80. The lowest BCUT2D eigenvalue weighted by atomic mass is 10.2. The van der Waals surface area contributed by atoms with E-state index in [-0.39, 0.29) is 0 Å². The highest BCUT2D eigenvalue weighted by Crippen LogP contribution is 2.25. The largest absolute Gasteiger partial charge is 0.104 e. The van der Waals surface area contributed by atoms with Crippen LogP contribution in [-0.2, 0) is 11.5 Å². The standard InChI is InChI=1S/C17H18S3/c1-13-3-7-15(8-4-13)11-19-17(18)20-12-16-9-5-14(2)6-10-16/h3-10H,11-12H2,1-2H3. The molecule has 0 aliphatic rings. The third-order valence-corrected chi connectivity index (χ3v) is 5.80. The highest BCUT2D eigenvalue weighted by atomic mass is 32.2. The van der Waals surface area contributed by atoms with Crippen LogP contribution in [-0.4, -0.2) is 3.53 Å². The molecule has 0 heterocycles. The van der Waals surface area contributed by atoms with E-state index in [1.165, 1.54) is 22.3 Å². The van der Waals surface area contributed by atoms with Gasteiger partial charge >= 0.3 is 0 Å². The number of rotatable bonds is 4. The minimum atomic E-state index is 0.958. The summed E-state index contributed by atoms with van der Waals surface area (Å²) in [6.07, 6.45) is 0. The molecule has 0 bridgehead atoms. The Morgan fingerprint density at radius 3 is 1.45 bits per heavy atom. The average molecular weight is 319 g/mol. The van der Waals surface area contributed by atoms with Crippen LogP contribution < -0.4 is 0 Å². The van der Waals surface area contributed by atoms with E-state index >= 15 is 0 Å². The van der Waals surface area contributed by atoms with Crippen molar-refractivity contribution in [1.82, 2.24) is 0 Å². The van der Waals surface area contributed by atoms with Gasteiger partial charge in [0.25, 0.3) is 0 Å². The van der Waals surface area contributed by atoms with Gasteiger partial charge in [0.2, 0.25) is 0 Å². The molecule has 0 nitrogen and oxygen atoms in total. The summed E-state index contributed by atoms with van der Waals surface area (Å²) >= 11 is 8.93. The molecule has 0 fully saturated rings. The minimum absolute atomic E-state index is 0.958. The maximum Gasteiger partial charge on any atom is 0.104 e. The van der Waals surface area contributed by atoms with Crippen molar-refractivity contribution >= 4 is 39.3 Å². The molecular weight excluding hydrogens is 300 g/mol. The van der Waals surface area contributed by atoms with Crippen molar-refractivity contribution in [1.29, 1.82) is 0 Å². The van der Waals surface area contributed by atoms with Crippen LogP contribution in [0.3, 0.4) is 0 Å². The van der Waals surface area contributed by atoms with Crippen LogP contribution >= 0.6 is 35.7 Å². The van der Waals surface area contributed by atoms with Gasteiger partial charge in [0, 0.05) is 11.5 Å². The van der Waals surface area contributed by atoms with E-state index in [9.17, 15) is 0 Å². The van der Waals surface area contributed by atoms with Gasteiger partial charge in [-0.3, -0.25) is 0 Å². The van der Waals surface area contributed by atoms with Crippen LogP contribution in [0.2, 0.25) is 0 Å². The summed E-state index contributed by atoms with van der Waals surface area (Å²) < 4.78 is 1.02. The van der Waals surface area contributed by atoms with Crippen LogP contribution in [0.15, 0.2) is 48.5 Å². The van der Waals surface area contributed by atoms with E-state index in [2.05, 4.69) is 62.4 Å². The Morgan fingerprint density at radius 1 is 0.750 bits per heavy atom. The van der Waals surface area contributed by atoms with Gasteiger partial charge in [-0.2, -0.15) is 0 Å². The van der Waals surface area contributed by atoms with E-state index in [1.54, 1.807) is 23.5 Å². The van der Waals surface area contributed by atoms with Gasteiger partial charge in [-0.15, -0.1) is 23.5 Å². The van der Waals surface area contributed by atoms with E-state index in [0.717, 1.165) is 15.0 Å². The first kappa shape index (κ1) is 15.6. The Bertz CT molecular complexity index is 504. The third kappa shape index (κ3) is 5.31. The van der Waals surface area contributed by atoms with Gasteiger partial charge < -0.3 is 0 Å². The van der Waals surface area contributed by atoms with Gasteiger partial charge in [0.05, 0.1) is 0 Å². The van der Waals surface area contributed by atoms with E-state index in [0.29, 0.717) is 0 Å². The van der Waals surface area contributed by atoms with Crippen LogP contribution in [0.5, 0.6) is 0 Å². The van der Waals surface area contributed by atoms with Crippen molar-refractivity contribution in [2.24, 2.45) is 0 Å². The summed E-state index contributed by atoms with van der Waals surface area (Å²) in [4.78, 5) is 0. The first-order chi connectivity index (χ1) is 9.63. The number of benzene rings is 2. The summed E-state index contributed by atoms with van der Waals surface area (Å²) in [6.45, 7) is 4.22. The first-order valence-electron chi connectivity index (χ1n) is 6.54. The summed E-state index contributed by atoms with van der Waals surface area (Å²) in [5.41, 5.74) is 5.27. The summed E-state index contributed by atoms with van der Waals surface area (Å²) in [6, 6.07) is 17.3. The lowest BCUT2D eigenvalue weighted by Crippen LogP contribution is -1.88. The van der Waals surface area contributed by atoms with Crippen molar-refractivity contribution in [2.45, 2.75) is 25.4 Å². The highest BCUT2D eigenvalue weighted by Gasteiger charge is 2.01. The summed E-state index contributed by atoms with van der Waals surface area (Å²) in [5.74, 6) is 1.92. The first-order valence-corrected chi connectivity index (χ1v) is 8.92. The Hall–Kier alpha value is -0.770. The Kier molecular flexibility index (Phi) is 6.14. The average Bonchev–Trinajstić information content (AvgIpc) is 2.46. The van der Waals surface area contributed by atoms with Crippen LogP contribution in [0.1, 0.15) is 22.3 Å². The normalized spacial score (nSPS) is 10.5. The molecule has 0 aliphatic heterocycles. The fourth-order valence-electron chi connectivity index (χ4n) is 1.69. The lowest BCUT2D eigenvalue weighted by molar-refractivity contribution is 1.37. The monoisotopic (exact) mass is 318 g/mol. The number of thiocarbonyl (C=S) groups is 1. The topological polar surface area (TPSA) is 0 Å². The Balaban J connectivity index is 1.75. The molecule has 3 heteroatoms. The van der Waals surface area contributed by atoms with E-state index in [1.807, 2.05) is 0 Å². The van der Waals surface area contributed by atoms with Gasteiger partial charge in [-0.25, -0.2) is 0 Å². The fourth-order valence-corrected chi connectivity index (χ4v) is 3.69. The maximum absolute atomic E-state index is 5.43. The molecule has 0 unspecified atom stereocenters. The van der Waals surface area contributed by atoms with Gasteiger partial charge in [-0.1, -0.05) is 71.9 Å². The molecule has 0 saturated heterocycles. The zero-order valence-corrected chi connectivity index (χ0v) is 14.2. The van der Waals surface area contributed by atoms with Crippen molar-refractivity contribution < 1.29 is 0 Å². The molecule has 0 saturated carbocycles. The van der Waals surface area contributed by atoms with Crippen LogP contribution in [0.4, 0.5) is 0 Å². The lowest BCUT2D eigenvalue weighted by Gasteiger charge is -2.05. The molecule has 0 radical (unpaired) electrons. The van der Waals surface area contributed by atoms with Crippen LogP contribution in [0, 0.1) is 13.8 Å². The smallest absolute Gasteiger partial charge is 0.103 e. The maximum atomic E-state index is 5.43. The number of hydrogen-bond donors (Lipinski definition) is 0. The van der Waals surface area contributed by atoms with E-state index < -0.39 is 0 Å². The van der Waals surface area contributed by atoms with Crippen molar-refractivity contribution in [2.75, 3.05) is 0 Å². The number of thioether (sulfide) groups is 2. The summed E-state index contributed by atoms with van der Waals surface area (Å²) in [5, 5.41) is 0. The van der Waals surface area contributed by atoms with Gasteiger partial charge in [-0.05, 0) is 25.0 Å². The zero-order valence-electron chi connectivity index (χ0n) is 11.8. The molecule has 2 aromatic rings. The molecule has 104 valence electrons. The predicted molar refractivity (Wildman–Crippen MR) is 97.5 cm³/mol. The van der Waals surface area contributed by atoms with E-state index in [4.69, 9.17) is 12.2 Å². The fraction of sp³-hybridized carbons (Fsp3) is 0.235. The molecule has 0 amide bonds. The highest BCUT2D eigenvalue weighted by molar-refractivity contribution is 8.46. The minimum Gasteiger partial charge on any atom is -0.103 e. The Labute approximate surface area is 135 Å². The van der Waals surface area contributed by atoms with Crippen LogP contribution in [0.25, 0.3) is 0 Å². The van der Waals surface area contributed by atoms with Crippen molar-refractivity contribution in [3.63, 3.8) is 0 Å². The Morgan fingerprint density at radius 2 is 1.10 bits per heavy atom. The third-order valence-electron chi connectivity index (χ3n) is 2.95. The zero-order chi connectivity index (χ0) is 14.4. The summed E-state index contributed by atoms with van der Waals surface area (Å²) in [7, 11) is 0. The molecule has 20 heavy (non-hydrogen) atoms. The van der Waals surface area contributed by atoms with Crippen molar-refractivity contribution in [3.8, 4) is 0 Å². The quantitative estimate of drug-likeness (QED) is 0.658. The molecule has 0 aliphatic carbocycles. The molecule has 0 atom stereocenters. The second-order valence-corrected chi connectivity index (χ2v) is 7.95. The molecular formula is C17H18S3. The predicted octanol–water partition coefficient (Wildman–Crippen LogP) is 5.75. The number of aryl methyl sites for hydroxylation is 2. The SMILES string of the molecule is Cc1ccc(CSC(=S)SCc2ccc(C)cc2)cc1. The second kappa shape index (κ2) is 7.87. The van der Waals surface area contributed by atoms with Gasteiger partial charge in [0.1, 0.15) is 3.53 Å². The number of hydrogen-bond acceptors (Lipinski definition) is 3. The van der Waals surface area contributed by atoms with Gasteiger partial charge in [0.15, 0.2) is 0 Å². The van der Waals surface area contributed by atoms with Crippen molar-refractivity contribution in [3.05, 3.63) is 70.8 Å². The molecule has 2 aromatic carbocycles. The molecule has 0 aromatic heterocycles. The molecule has 2 rings (SSSR count). The molecule has 0 N–H and O–H groups in total.